The molecule has 1 amide bonds. The number of carbonyl (C=O) groups is 1. The van der Waals surface area contributed by atoms with Gasteiger partial charge in [-0.15, -0.1) is 0 Å². The summed E-state index contributed by atoms with van der Waals surface area (Å²) in [6.07, 6.45) is 5.17. The molecule has 1 aliphatic heterocycles. The number of anilines is 1. The minimum atomic E-state index is -0.0317. The summed E-state index contributed by atoms with van der Waals surface area (Å²) in [6, 6.07) is 13.5. The molecule has 1 aromatic carbocycles. The van der Waals surface area contributed by atoms with Crippen LogP contribution in [0, 0.1) is 0 Å². The van der Waals surface area contributed by atoms with Gasteiger partial charge in [-0.25, -0.2) is 4.98 Å². The molecular formula is C20H18Cl2N4O. The summed E-state index contributed by atoms with van der Waals surface area (Å²) in [5.74, 6) is -0.0317. The minimum absolute atomic E-state index is 0.0317. The van der Waals surface area contributed by atoms with Crippen molar-refractivity contribution in [1.29, 1.82) is 0 Å². The summed E-state index contributed by atoms with van der Waals surface area (Å²) in [5.41, 5.74) is 2.47. The Morgan fingerprint density at radius 1 is 1.00 bits per heavy atom. The first kappa shape index (κ1) is 17.9. The van der Waals surface area contributed by atoms with Crippen LogP contribution in [0.5, 0.6) is 0 Å². The van der Waals surface area contributed by atoms with Crippen molar-refractivity contribution in [3.63, 3.8) is 0 Å². The number of carbonyl (C=O) groups excluding carboxylic acids is 1. The van der Waals surface area contributed by atoms with Crippen molar-refractivity contribution in [2.45, 2.75) is 0 Å². The summed E-state index contributed by atoms with van der Waals surface area (Å²) in [4.78, 5) is 20.9. The van der Waals surface area contributed by atoms with Gasteiger partial charge in [0.25, 0.3) is 0 Å². The van der Waals surface area contributed by atoms with Gasteiger partial charge in [0.05, 0.1) is 16.4 Å². The predicted octanol–water partition coefficient (Wildman–Crippen LogP) is 4.00. The lowest BCUT2D eigenvalue weighted by atomic mass is 10.2. The topological polar surface area (TPSA) is 40.9 Å². The molecule has 0 saturated carbocycles. The Kier molecular flexibility index (Phi) is 5.05. The highest BCUT2D eigenvalue weighted by Gasteiger charge is 2.21. The molecule has 0 unspecified atom stereocenters. The van der Waals surface area contributed by atoms with E-state index < -0.39 is 0 Å². The third kappa shape index (κ3) is 3.66. The maximum absolute atomic E-state index is 12.6. The van der Waals surface area contributed by atoms with Gasteiger partial charge in [-0.2, -0.15) is 0 Å². The van der Waals surface area contributed by atoms with E-state index in [2.05, 4.69) is 9.88 Å². The van der Waals surface area contributed by atoms with E-state index in [1.54, 1.807) is 12.2 Å². The van der Waals surface area contributed by atoms with Crippen LogP contribution in [0.4, 0.5) is 5.69 Å². The van der Waals surface area contributed by atoms with Gasteiger partial charge in [0.1, 0.15) is 5.65 Å². The molecule has 138 valence electrons. The van der Waals surface area contributed by atoms with E-state index in [0.29, 0.717) is 23.9 Å². The van der Waals surface area contributed by atoms with Crippen molar-refractivity contribution in [3.8, 4) is 0 Å². The number of aromatic nitrogens is 2. The molecule has 4 rings (SSSR count). The van der Waals surface area contributed by atoms with Gasteiger partial charge < -0.3 is 9.80 Å². The molecule has 0 atom stereocenters. The van der Waals surface area contributed by atoms with E-state index in [0.717, 1.165) is 29.4 Å². The van der Waals surface area contributed by atoms with Crippen molar-refractivity contribution >= 4 is 46.5 Å². The second kappa shape index (κ2) is 7.62. The first-order valence-corrected chi connectivity index (χ1v) is 9.48. The first-order chi connectivity index (χ1) is 13.1. The fourth-order valence-electron chi connectivity index (χ4n) is 3.27. The highest BCUT2D eigenvalue weighted by atomic mass is 35.5. The summed E-state index contributed by atoms with van der Waals surface area (Å²) < 4.78 is 1.86. The number of benzene rings is 1. The van der Waals surface area contributed by atoms with Crippen LogP contribution < -0.4 is 4.90 Å². The number of fused-ring (bicyclic) bond motifs is 1. The van der Waals surface area contributed by atoms with Gasteiger partial charge in [-0.3, -0.25) is 9.20 Å². The molecule has 27 heavy (non-hydrogen) atoms. The van der Waals surface area contributed by atoms with E-state index in [1.807, 2.05) is 58.0 Å². The minimum Gasteiger partial charge on any atom is -0.367 e. The number of hydrogen-bond donors (Lipinski definition) is 0. The normalized spacial score (nSPS) is 15.0. The fraction of sp³-hybridized carbons (Fsp3) is 0.200. The number of nitrogens with zero attached hydrogens (tertiary/aromatic N) is 4. The molecule has 3 aromatic rings. The number of amides is 1. The largest absolute Gasteiger partial charge is 0.367 e. The zero-order valence-electron chi connectivity index (χ0n) is 14.6. The summed E-state index contributed by atoms with van der Waals surface area (Å²) in [7, 11) is 0. The Bertz CT molecular complexity index is 1010. The van der Waals surface area contributed by atoms with E-state index in [1.165, 1.54) is 0 Å². The molecule has 3 heterocycles. The Morgan fingerprint density at radius 3 is 2.52 bits per heavy atom. The SMILES string of the molecule is O=C(/C=C/c1c(Cl)nc2ccccn12)N1CCN(c2ccccc2Cl)CC1. The Hall–Kier alpha value is -2.50. The molecular weight excluding hydrogens is 383 g/mol. The second-order valence-electron chi connectivity index (χ2n) is 6.31. The van der Waals surface area contributed by atoms with Gasteiger partial charge in [-0.05, 0) is 30.3 Å². The quantitative estimate of drug-likeness (QED) is 0.623. The molecule has 5 nitrogen and oxygen atoms in total. The standard InChI is InChI=1S/C20H18Cl2N4O/c21-15-5-1-2-6-16(15)24-11-13-25(14-12-24)19(27)9-8-17-20(22)23-18-7-3-4-10-26(17)18/h1-10H,11-14H2/b9-8+. The van der Waals surface area contributed by atoms with Crippen molar-refractivity contribution in [2.75, 3.05) is 31.1 Å². The third-order valence-corrected chi connectivity index (χ3v) is 5.29. The molecule has 7 heteroatoms. The van der Waals surface area contributed by atoms with E-state index in [4.69, 9.17) is 23.2 Å². The molecule has 2 aromatic heterocycles. The van der Waals surface area contributed by atoms with Crippen LogP contribution in [-0.4, -0.2) is 46.4 Å². The summed E-state index contributed by atoms with van der Waals surface area (Å²) >= 11 is 12.5. The number of hydrogen-bond acceptors (Lipinski definition) is 3. The highest BCUT2D eigenvalue weighted by molar-refractivity contribution is 6.33. The average molecular weight is 401 g/mol. The molecule has 0 bridgehead atoms. The van der Waals surface area contributed by atoms with Crippen LogP contribution in [0.15, 0.2) is 54.7 Å². The van der Waals surface area contributed by atoms with Crippen LogP contribution in [0.3, 0.4) is 0 Å². The zero-order chi connectivity index (χ0) is 18.8. The molecule has 1 aliphatic rings. The van der Waals surface area contributed by atoms with Crippen LogP contribution in [0.1, 0.15) is 5.69 Å². The maximum Gasteiger partial charge on any atom is 0.246 e. The number of imidazole rings is 1. The Morgan fingerprint density at radius 2 is 1.74 bits per heavy atom. The number of piperazine rings is 1. The smallest absolute Gasteiger partial charge is 0.246 e. The molecule has 0 N–H and O–H groups in total. The van der Waals surface area contributed by atoms with Gasteiger partial charge in [0.2, 0.25) is 5.91 Å². The Balaban J connectivity index is 1.43. The van der Waals surface area contributed by atoms with Crippen molar-refractivity contribution in [2.24, 2.45) is 0 Å². The average Bonchev–Trinajstić information content (AvgIpc) is 3.02. The van der Waals surface area contributed by atoms with Crippen molar-refractivity contribution in [1.82, 2.24) is 14.3 Å². The molecule has 0 aliphatic carbocycles. The van der Waals surface area contributed by atoms with Crippen molar-refractivity contribution in [3.05, 3.63) is 70.6 Å². The van der Waals surface area contributed by atoms with E-state index in [9.17, 15) is 4.79 Å². The van der Waals surface area contributed by atoms with E-state index in [-0.39, 0.29) is 5.91 Å². The predicted molar refractivity (Wildman–Crippen MR) is 109 cm³/mol. The van der Waals surface area contributed by atoms with Gasteiger partial charge in [0.15, 0.2) is 5.15 Å². The summed E-state index contributed by atoms with van der Waals surface area (Å²) in [5, 5.41) is 1.12. The summed E-state index contributed by atoms with van der Waals surface area (Å²) in [6.45, 7) is 2.80. The highest BCUT2D eigenvalue weighted by Crippen LogP contribution is 2.26. The fourth-order valence-corrected chi connectivity index (χ4v) is 3.76. The second-order valence-corrected chi connectivity index (χ2v) is 7.08. The van der Waals surface area contributed by atoms with Gasteiger partial charge in [-0.1, -0.05) is 41.4 Å². The van der Waals surface area contributed by atoms with Gasteiger partial charge in [0, 0.05) is 38.5 Å². The van der Waals surface area contributed by atoms with Crippen LogP contribution in [-0.2, 0) is 4.79 Å². The lowest BCUT2D eigenvalue weighted by Crippen LogP contribution is -2.48. The van der Waals surface area contributed by atoms with Crippen molar-refractivity contribution < 1.29 is 4.79 Å². The van der Waals surface area contributed by atoms with Crippen LogP contribution in [0.25, 0.3) is 11.7 Å². The zero-order valence-corrected chi connectivity index (χ0v) is 16.1. The molecule has 0 spiro atoms. The number of pyridine rings is 1. The monoisotopic (exact) mass is 400 g/mol. The third-order valence-electron chi connectivity index (χ3n) is 4.69. The lowest BCUT2D eigenvalue weighted by molar-refractivity contribution is -0.126. The van der Waals surface area contributed by atoms with E-state index >= 15 is 0 Å². The molecule has 0 radical (unpaired) electrons. The number of rotatable bonds is 3. The molecule has 1 fully saturated rings. The van der Waals surface area contributed by atoms with Crippen LogP contribution in [0.2, 0.25) is 10.2 Å². The Labute approximate surface area is 167 Å². The van der Waals surface area contributed by atoms with Gasteiger partial charge >= 0.3 is 0 Å². The van der Waals surface area contributed by atoms with Crippen LogP contribution >= 0.6 is 23.2 Å². The first-order valence-electron chi connectivity index (χ1n) is 8.72. The number of halogens is 2. The maximum atomic E-state index is 12.6. The molecule has 1 saturated heterocycles. The lowest BCUT2D eigenvalue weighted by Gasteiger charge is -2.36. The number of para-hydroxylation sites is 1.